The van der Waals surface area contributed by atoms with Crippen LogP contribution < -0.4 is 0 Å². The van der Waals surface area contributed by atoms with E-state index in [4.69, 9.17) is 4.74 Å². The van der Waals surface area contributed by atoms with Crippen LogP contribution in [0.15, 0.2) is 0 Å². The lowest BCUT2D eigenvalue weighted by molar-refractivity contribution is -0.134. The summed E-state index contributed by atoms with van der Waals surface area (Å²) >= 11 is 0. The molecule has 7 nitrogen and oxygen atoms in total. The third kappa shape index (κ3) is 4.51. The van der Waals surface area contributed by atoms with Crippen molar-refractivity contribution >= 4 is 17.8 Å². The number of nitrogens with zero attached hydrogens (tertiary/aromatic N) is 3. The summed E-state index contributed by atoms with van der Waals surface area (Å²) in [4.78, 5) is 42.7. The zero-order valence-corrected chi connectivity index (χ0v) is 16.1. The molecule has 0 saturated carbocycles. The van der Waals surface area contributed by atoms with Crippen LogP contribution in [0, 0.1) is 11.3 Å². The summed E-state index contributed by atoms with van der Waals surface area (Å²) in [6, 6.07) is -0.842. The number of amides is 4. The highest BCUT2D eigenvalue weighted by Gasteiger charge is 2.49. The number of carbonyl (C=O) groups excluding carboxylic acids is 3. The van der Waals surface area contributed by atoms with Gasteiger partial charge in [0, 0.05) is 32.0 Å². The number of fused-ring (bicyclic) bond motifs is 1. The Labute approximate surface area is 150 Å². The van der Waals surface area contributed by atoms with E-state index in [9.17, 15) is 14.4 Å². The molecule has 1 atom stereocenters. The van der Waals surface area contributed by atoms with Crippen LogP contribution in [0.3, 0.4) is 0 Å². The fourth-order valence-electron chi connectivity index (χ4n) is 3.50. The van der Waals surface area contributed by atoms with Crippen LogP contribution in [-0.2, 0) is 14.3 Å². The lowest BCUT2D eigenvalue weighted by atomic mass is 9.92. The summed E-state index contributed by atoms with van der Waals surface area (Å²) in [6.07, 6.45) is 1.31. The maximum Gasteiger partial charge on any atom is 0.327 e. The van der Waals surface area contributed by atoms with Gasteiger partial charge in [0.1, 0.15) is 6.04 Å². The lowest BCUT2D eigenvalue weighted by Crippen LogP contribution is -2.44. The molecule has 2 rings (SSSR count). The third-order valence-electron chi connectivity index (χ3n) is 4.82. The van der Waals surface area contributed by atoms with Gasteiger partial charge in [-0.1, -0.05) is 27.7 Å². The number of rotatable bonds is 6. The van der Waals surface area contributed by atoms with Gasteiger partial charge in [0.15, 0.2) is 0 Å². The summed E-state index contributed by atoms with van der Waals surface area (Å²) < 4.78 is 5.00. The first-order chi connectivity index (χ1) is 11.7. The summed E-state index contributed by atoms with van der Waals surface area (Å²) in [6.45, 7) is 10.1. The second-order valence-corrected chi connectivity index (χ2v) is 8.28. The fraction of sp³-hybridized carbons (Fsp3) is 0.833. The predicted octanol–water partition coefficient (Wildman–Crippen LogP) is 1.57. The van der Waals surface area contributed by atoms with Crippen LogP contribution in [0.4, 0.5) is 4.79 Å². The number of hydrogen-bond donors (Lipinski definition) is 0. The molecule has 0 aliphatic carbocycles. The minimum atomic E-state index is -0.575. The van der Waals surface area contributed by atoms with E-state index in [-0.39, 0.29) is 36.3 Å². The van der Waals surface area contributed by atoms with Crippen molar-refractivity contribution in [1.82, 2.24) is 14.7 Å². The Kier molecular flexibility index (Phi) is 6.08. The molecule has 7 heteroatoms. The van der Waals surface area contributed by atoms with Gasteiger partial charge in [-0.2, -0.15) is 0 Å². The molecule has 2 saturated heterocycles. The highest BCUT2D eigenvalue weighted by molar-refractivity contribution is 6.04. The Morgan fingerprint density at radius 2 is 1.96 bits per heavy atom. The number of urea groups is 1. The lowest BCUT2D eigenvalue weighted by Gasteiger charge is -2.31. The number of carbonyl (C=O) groups is 3. The molecule has 0 aromatic rings. The summed E-state index contributed by atoms with van der Waals surface area (Å²) in [7, 11) is 1.54. The molecule has 1 unspecified atom stereocenters. The van der Waals surface area contributed by atoms with Crippen molar-refractivity contribution in [1.29, 1.82) is 0 Å². The van der Waals surface area contributed by atoms with E-state index in [0.29, 0.717) is 32.0 Å². The van der Waals surface area contributed by atoms with Crippen molar-refractivity contribution in [3.8, 4) is 0 Å². The second kappa shape index (κ2) is 7.72. The minimum Gasteiger partial charge on any atom is -0.383 e. The van der Waals surface area contributed by atoms with Crippen molar-refractivity contribution in [2.24, 2.45) is 11.3 Å². The Balaban J connectivity index is 2.17. The molecule has 0 aromatic carbocycles. The van der Waals surface area contributed by atoms with Crippen LogP contribution in [-0.4, -0.2) is 78.5 Å². The Bertz CT molecular complexity index is 532. The van der Waals surface area contributed by atoms with Gasteiger partial charge in [-0.15, -0.1) is 0 Å². The van der Waals surface area contributed by atoms with Crippen molar-refractivity contribution in [2.45, 2.75) is 46.6 Å². The normalized spacial score (nSPS) is 23.3. The molecule has 142 valence electrons. The first-order valence-electron chi connectivity index (χ1n) is 9.05. The van der Waals surface area contributed by atoms with Crippen LogP contribution >= 0.6 is 0 Å². The maximum atomic E-state index is 12.7. The molecule has 0 bridgehead atoms. The summed E-state index contributed by atoms with van der Waals surface area (Å²) in [5.74, 6) is 0.306. The molecule has 0 aromatic heterocycles. The van der Waals surface area contributed by atoms with E-state index in [0.717, 1.165) is 6.42 Å². The van der Waals surface area contributed by atoms with E-state index in [1.165, 1.54) is 4.90 Å². The Morgan fingerprint density at radius 1 is 1.28 bits per heavy atom. The monoisotopic (exact) mass is 353 g/mol. The molecule has 0 spiro atoms. The van der Waals surface area contributed by atoms with Gasteiger partial charge in [0.2, 0.25) is 5.91 Å². The Morgan fingerprint density at radius 3 is 2.56 bits per heavy atom. The van der Waals surface area contributed by atoms with Gasteiger partial charge >= 0.3 is 6.03 Å². The van der Waals surface area contributed by atoms with Crippen molar-refractivity contribution in [2.75, 3.05) is 39.9 Å². The van der Waals surface area contributed by atoms with Gasteiger partial charge in [0.05, 0.1) is 19.7 Å². The molecule has 0 radical (unpaired) electrons. The van der Waals surface area contributed by atoms with Gasteiger partial charge in [-0.25, -0.2) is 4.79 Å². The number of imide groups is 1. The van der Waals surface area contributed by atoms with Crippen LogP contribution in [0.2, 0.25) is 0 Å². The van der Waals surface area contributed by atoms with E-state index in [2.05, 4.69) is 13.8 Å². The number of hydrogen-bond acceptors (Lipinski definition) is 4. The zero-order chi connectivity index (χ0) is 18.8. The summed E-state index contributed by atoms with van der Waals surface area (Å²) in [5, 5.41) is 0. The van der Waals surface area contributed by atoms with Crippen molar-refractivity contribution in [3.63, 3.8) is 0 Å². The fourth-order valence-corrected chi connectivity index (χ4v) is 3.50. The van der Waals surface area contributed by atoms with Crippen LogP contribution in [0.5, 0.6) is 0 Å². The quantitative estimate of drug-likeness (QED) is 0.680. The second-order valence-electron chi connectivity index (χ2n) is 8.28. The summed E-state index contributed by atoms with van der Waals surface area (Å²) in [5.41, 5.74) is -0.255. The van der Waals surface area contributed by atoms with Crippen molar-refractivity contribution in [3.05, 3.63) is 0 Å². The van der Waals surface area contributed by atoms with Gasteiger partial charge in [0.25, 0.3) is 5.91 Å². The highest BCUT2D eigenvalue weighted by Crippen LogP contribution is 2.30. The molecule has 2 heterocycles. The average Bonchev–Trinajstić information content (AvgIpc) is 2.67. The largest absolute Gasteiger partial charge is 0.383 e. The van der Waals surface area contributed by atoms with E-state index < -0.39 is 6.04 Å². The van der Waals surface area contributed by atoms with Crippen LogP contribution in [0.1, 0.15) is 40.5 Å². The van der Waals surface area contributed by atoms with E-state index >= 15 is 0 Å². The topological polar surface area (TPSA) is 70.2 Å². The molecule has 4 amide bonds. The first kappa shape index (κ1) is 19.7. The number of ether oxygens (including phenoxy) is 1. The molecule has 2 fully saturated rings. The molecule has 25 heavy (non-hydrogen) atoms. The minimum absolute atomic E-state index is 0.0687. The third-order valence-corrected chi connectivity index (χ3v) is 4.82. The van der Waals surface area contributed by atoms with E-state index in [1.54, 1.807) is 16.9 Å². The SMILES string of the molecule is COCCN1C(=O)C2CN(C(=O)CCC(C)C)CC(C)(C)CN2C1=O. The molecule has 2 aliphatic rings. The highest BCUT2D eigenvalue weighted by atomic mass is 16.5. The van der Waals surface area contributed by atoms with Crippen LogP contribution in [0.25, 0.3) is 0 Å². The van der Waals surface area contributed by atoms with Crippen molar-refractivity contribution < 1.29 is 19.1 Å². The Hall–Kier alpha value is -1.63. The van der Waals surface area contributed by atoms with Gasteiger partial charge < -0.3 is 14.5 Å². The average molecular weight is 353 g/mol. The van der Waals surface area contributed by atoms with Gasteiger partial charge in [-0.3, -0.25) is 14.5 Å². The molecular weight excluding hydrogens is 322 g/mol. The van der Waals surface area contributed by atoms with Gasteiger partial charge in [-0.05, 0) is 12.3 Å². The maximum absolute atomic E-state index is 12.7. The number of methoxy groups -OCH3 is 1. The molecule has 2 aliphatic heterocycles. The predicted molar refractivity (Wildman–Crippen MR) is 93.9 cm³/mol. The van der Waals surface area contributed by atoms with E-state index in [1.807, 2.05) is 13.8 Å². The standard InChI is InChI=1S/C18H31N3O4/c1-13(2)6-7-15(22)19-10-14-16(23)20(8-9-25-5)17(24)21(14)12-18(3,4)11-19/h13-14H,6-12H2,1-5H3. The zero-order valence-electron chi connectivity index (χ0n) is 16.1. The molecular formula is C18H31N3O4. The smallest absolute Gasteiger partial charge is 0.327 e. The molecule has 0 N–H and O–H groups in total. The first-order valence-corrected chi connectivity index (χ1v) is 9.05.